The predicted molar refractivity (Wildman–Crippen MR) is 80.0 cm³/mol. The number of carbonyl (C=O) groups is 1. The number of hydrogen-bond acceptors (Lipinski definition) is 1. The first-order chi connectivity index (χ1) is 11.7. The maximum Gasteiger partial charge on any atom is 0.418 e. The molecule has 130 valence electrons. The van der Waals surface area contributed by atoms with Crippen molar-refractivity contribution in [2.75, 3.05) is 0 Å². The molecule has 0 saturated heterocycles. The Bertz CT molecular complexity index is 975. The van der Waals surface area contributed by atoms with Gasteiger partial charge in [-0.1, -0.05) is 12.1 Å². The lowest BCUT2D eigenvalue weighted by Crippen LogP contribution is -2.05. The van der Waals surface area contributed by atoms with Gasteiger partial charge in [0.05, 0.1) is 23.2 Å². The van der Waals surface area contributed by atoms with Crippen molar-refractivity contribution in [2.24, 2.45) is 0 Å². The number of benzene rings is 2. The van der Waals surface area contributed by atoms with Crippen LogP contribution in [-0.2, 0) is 17.4 Å². The number of aromatic nitrogens is 1. The number of aromatic amines is 1. The Hall–Kier alpha value is -2.90. The second-order valence-electron chi connectivity index (χ2n) is 5.40. The van der Waals surface area contributed by atoms with E-state index >= 15 is 0 Å². The first-order valence-electron chi connectivity index (χ1n) is 7.06. The van der Waals surface area contributed by atoms with Gasteiger partial charge in [-0.2, -0.15) is 13.2 Å². The minimum absolute atomic E-state index is 0.000826. The molecule has 0 saturated carbocycles. The first kappa shape index (κ1) is 16.9. The van der Waals surface area contributed by atoms with E-state index < -0.39 is 35.8 Å². The van der Waals surface area contributed by atoms with Gasteiger partial charge in [-0.05, 0) is 23.8 Å². The molecule has 0 aliphatic carbocycles. The maximum atomic E-state index is 14.1. The van der Waals surface area contributed by atoms with E-state index in [1.165, 1.54) is 6.07 Å². The Balaban J connectivity index is 2.36. The largest absolute Gasteiger partial charge is 0.481 e. The second kappa shape index (κ2) is 5.87. The zero-order valence-electron chi connectivity index (χ0n) is 12.4. The topological polar surface area (TPSA) is 53.1 Å². The SMILES string of the molecule is O=C(O)Cc1c(-c2ccc(F)cc2F)[nH]c2c(C(F)(F)F)cccc12. The van der Waals surface area contributed by atoms with Crippen molar-refractivity contribution in [3.63, 3.8) is 0 Å². The second-order valence-corrected chi connectivity index (χ2v) is 5.40. The lowest BCUT2D eigenvalue weighted by atomic mass is 10.0. The molecule has 0 spiro atoms. The molecule has 2 aromatic carbocycles. The molecule has 0 unspecified atom stereocenters. The number of rotatable bonds is 3. The number of para-hydroxylation sites is 1. The van der Waals surface area contributed by atoms with Crippen LogP contribution >= 0.6 is 0 Å². The van der Waals surface area contributed by atoms with Crippen LogP contribution in [0.4, 0.5) is 22.0 Å². The minimum atomic E-state index is -4.68. The highest BCUT2D eigenvalue weighted by molar-refractivity contribution is 5.95. The molecule has 0 aliphatic heterocycles. The van der Waals surface area contributed by atoms with E-state index in [4.69, 9.17) is 5.11 Å². The number of carboxylic acids is 1. The molecule has 1 aromatic heterocycles. The van der Waals surface area contributed by atoms with Gasteiger partial charge < -0.3 is 10.1 Å². The highest BCUT2D eigenvalue weighted by Gasteiger charge is 2.34. The maximum absolute atomic E-state index is 14.1. The Morgan fingerprint density at radius 2 is 1.84 bits per heavy atom. The molecule has 1 heterocycles. The third-order valence-electron chi connectivity index (χ3n) is 3.78. The van der Waals surface area contributed by atoms with E-state index in [0.717, 1.165) is 24.3 Å². The number of alkyl halides is 3. The van der Waals surface area contributed by atoms with Crippen molar-refractivity contribution in [3.05, 3.63) is 59.2 Å². The van der Waals surface area contributed by atoms with E-state index in [0.29, 0.717) is 6.07 Å². The quantitative estimate of drug-likeness (QED) is 0.666. The van der Waals surface area contributed by atoms with Gasteiger partial charge in [-0.3, -0.25) is 4.79 Å². The number of carboxylic acid groups (broad SMARTS) is 1. The Morgan fingerprint density at radius 3 is 2.44 bits per heavy atom. The fourth-order valence-electron chi connectivity index (χ4n) is 2.77. The number of hydrogen-bond donors (Lipinski definition) is 2. The van der Waals surface area contributed by atoms with Gasteiger partial charge in [0, 0.05) is 17.0 Å². The molecule has 3 nitrogen and oxygen atoms in total. The Morgan fingerprint density at radius 1 is 1.12 bits per heavy atom. The summed E-state index contributed by atoms with van der Waals surface area (Å²) in [6.45, 7) is 0. The molecule has 2 N–H and O–H groups in total. The lowest BCUT2D eigenvalue weighted by molar-refractivity contribution is -0.137. The summed E-state index contributed by atoms with van der Waals surface area (Å²) in [5, 5.41) is 9.09. The van der Waals surface area contributed by atoms with Crippen molar-refractivity contribution in [1.82, 2.24) is 4.98 Å². The third-order valence-corrected chi connectivity index (χ3v) is 3.78. The van der Waals surface area contributed by atoms with Crippen molar-refractivity contribution >= 4 is 16.9 Å². The molecule has 0 amide bonds. The zero-order valence-corrected chi connectivity index (χ0v) is 12.4. The van der Waals surface area contributed by atoms with Gasteiger partial charge >= 0.3 is 12.1 Å². The molecule has 0 bridgehead atoms. The molecule has 0 aliphatic rings. The van der Waals surface area contributed by atoms with Crippen LogP contribution in [0.25, 0.3) is 22.2 Å². The lowest BCUT2D eigenvalue weighted by Gasteiger charge is -2.07. The molecule has 0 radical (unpaired) electrons. The van der Waals surface area contributed by atoms with E-state index in [1.807, 2.05) is 0 Å². The van der Waals surface area contributed by atoms with Crippen LogP contribution in [-0.4, -0.2) is 16.1 Å². The fraction of sp³-hybridized carbons (Fsp3) is 0.118. The van der Waals surface area contributed by atoms with Crippen LogP contribution in [0.5, 0.6) is 0 Å². The Kier molecular flexibility index (Phi) is 3.98. The summed E-state index contributed by atoms with van der Waals surface area (Å²) < 4.78 is 66.8. The summed E-state index contributed by atoms with van der Waals surface area (Å²) in [6.07, 6.45) is -5.29. The number of fused-ring (bicyclic) bond motifs is 1. The predicted octanol–water partition coefficient (Wildman–Crippen LogP) is 4.76. The van der Waals surface area contributed by atoms with Crippen molar-refractivity contribution < 1.29 is 31.9 Å². The highest BCUT2D eigenvalue weighted by Crippen LogP contribution is 2.39. The van der Waals surface area contributed by atoms with Gasteiger partial charge in [0.25, 0.3) is 0 Å². The highest BCUT2D eigenvalue weighted by atomic mass is 19.4. The summed E-state index contributed by atoms with van der Waals surface area (Å²) in [6, 6.07) is 5.89. The van der Waals surface area contributed by atoms with E-state index in [2.05, 4.69) is 4.98 Å². The molecule has 0 atom stereocenters. The summed E-state index contributed by atoms with van der Waals surface area (Å²) in [5.74, 6) is -3.15. The number of nitrogens with one attached hydrogen (secondary N) is 1. The van der Waals surface area contributed by atoms with Crippen molar-refractivity contribution in [3.8, 4) is 11.3 Å². The van der Waals surface area contributed by atoms with Gasteiger partial charge in [0.1, 0.15) is 11.6 Å². The number of halogens is 5. The zero-order chi connectivity index (χ0) is 18.4. The molecule has 8 heteroatoms. The smallest absolute Gasteiger partial charge is 0.418 e. The Labute approximate surface area is 137 Å². The van der Waals surface area contributed by atoms with Crippen LogP contribution in [0.3, 0.4) is 0 Å². The first-order valence-corrected chi connectivity index (χ1v) is 7.06. The number of aliphatic carboxylic acids is 1. The summed E-state index contributed by atoms with van der Waals surface area (Å²) in [5.41, 5.74) is -1.66. The summed E-state index contributed by atoms with van der Waals surface area (Å²) >= 11 is 0. The van der Waals surface area contributed by atoms with Gasteiger partial charge in [0.15, 0.2) is 0 Å². The normalized spacial score (nSPS) is 11.9. The molecule has 0 fully saturated rings. The van der Waals surface area contributed by atoms with Gasteiger partial charge in [-0.15, -0.1) is 0 Å². The van der Waals surface area contributed by atoms with Crippen LogP contribution in [0.2, 0.25) is 0 Å². The molecule has 3 aromatic rings. The van der Waals surface area contributed by atoms with Crippen LogP contribution in [0.15, 0.2) is 36.4 Å². The third kappa shape index (κ3) is 3.07. The summed E-state index contributed by atoms with van der Waals surface area (Å²) in [7, 11) is 0. The van der Waals surface area contributed by atoms with Crippen LogP contribution < -0.4 is 0 Å². The standard InChI is InChI=1S/C17H10F5NO2/c18-8-4-5-10(13(19)6-8)15-11(7-14(24)25)9-2-1-3-12(16(9)23-15)17(20,21)22/h1-6,23H,7H2,(H,24,25). The van der Waals surface area contributed by atoms with Crippen molar-refractivity contribution in [2.45, 2.75) is 12.6 Å². The molecule has 3 rings (SSSR count). The fourth-order valence-corrected chi connectivity index (χ4v) is 2.77. The number of H-pyrrole nitrogens is 1. The minimum Gasteiger partial charge on any atom is -0.481 e. The average molecular weight is 355 g/mol. The van der Waals surface area contributed by atoms with Crippen LogP contribution in [0.1, 0.15) is 11.1 Å². The van der Waals surface area contributed by atoms with E-state index in [-0.39, 0.29) is 27.7 Å². The van der Waals surface area contributed by atoms with E-state index in [1.54, 1.807) is 0 Å². The molecular formula is C17H10F5NO2. The van der Waals surface area contributed by atoms with Crippen LogP contribution in [0, 0.1) is 11.6 Å². The molecular weight excluding hydrogens is 345 g/mol. The average Bonchev–Trinajstić information content (AvgIpc) is 2.84. The van der Waals surface area contributed by atoms with Gasteiger partial charge in [-0.25, -0.2) is 8.78 Å². The summed E-state index contributed by atoms with van der Waals surface area (Å²) in [4.78, 5) is 13.6. The van der Waals surface area contributed by atoms with Gasteiger partial charge in [0.2, 0.25) is 0 Å². The van der Waals surface area contributed by atoms with Crippen molar-refractivity contribution in [1.29, 1.82) is 0 Å². The van der Waals surface area contributed by atoms with E-state index in [9.17, 15) is 26.7 Å². The monoisotopic (exact) mass is 355 g/mol. The molecule has 25 heavy (non-hydrogen) atoms.